The summed E-state index contributed by atoms with van der Waals surface area (Å²) in [6.07, 6.45) is 9.94. The monoisotopic (exact) mass is 377 g/mol. The van der Waals surface area contributed by atoms with Crippen LogP contribution in [0.1, 0.15) is 65.2 Å². The van der Waals surface area contributed by atoms with Crippen LogP contribution in [0.2, 0.25) is 0 Å². The summed E-state index contributed by atoms with van der Waals surface area (Å²) in [6, 6.07) is 0. The maximum Gasteiger partial charge on any atom is 0.225 e. The third-order valence-corrected chi connectivity index (χ3v) is 7.67. The highest BCUT2D eigenvalue weighted by atomic mass is 16.2. The summed E-state index contributed by atoms with van der Waals surface area (Å²) in [5.74, 6) is 3.28. The second kappa shape index (κ2) is 10.2. The normalized spacial score (nSPS) is 29.4. The SMILES string of the molecule is CC(C)C1CCC(C(=O)N2CCC(CCCN3CCN(C)CC3)CC2)CC1. The minimum Gasteiger partial charge on any atom is -0.342 e. The Kier molecular flexibility index (Phi) is 8.01. The van der Waals surface area contributed by atoms with Crippen molar-refractivity contribution in [1.29, 1.82) is 0 Å². The Balaban J connectivity index is 1.30. The Labute approximate surface area is 167 Å². The van der Waals surface area contributed by atoms with Crippen LogP contribution < -0.4 is 0 Å². The second-order valence-electron chi connectivity index (χ2n) is 9.91. The van der Waals surface area contributed by atoms with E-state index in [0.717, 1.165) is 43.7 Å². The van der Waals surface area contributed by atoms with Crippen molar-refractivity contribution in [2.45, 2.75) is 65.2 Å². The largest absolute Gasteiger partial charge is 0.342 e. The number of nitrogens with zero attached hydrogens (tertiary/aromatic N) is 3. The molecule has 0 spiro atoms. The Morgan fingerprint density at radius 2 is 1.52 bits per heavy atom. The zero-order valence-corrected chi connectivity index (χ0v) is 18.2. The van der Waals surface area contributed by atoms with E-state index in [4.69, 9.17) is 0 Å². The van der Waals surface area contributed by atoms with Crippen LogP contribution in [-0.4, -0.2) is 73.5 Å². The quantitative estimate of drug-likeness (QED) is 0.706. The molecule has 156 valence electrons. The van der Waals surface area contributed by atoms with Gasteiger partial charge in [0, 0.05) is 45.2 Å². The number of piperazine rings is 1. The van der Waals surface area contributed by atoms with Crippen molar-refractivity contribution in [3.63, 3.8) is 0 Å². The van der Waals surface area contributed by atoms with E-state index < -0.39 is 0 Å². The van der Waals surface area contributed by atoms with Gasteiger partial charge in [0.1, 0.15) is 0 Å². The highest BCUT2D eigenvalue weighted by molar-refractivity contribution is 5.79. The van der Waals surface area contributed by atoms with Gasteiger partial charge in [-0.3, -0.25) is 4.79 Å². The lowest BCUT2D eigenvalue weighted by molar-refractivity contribution is -0.138. The van der Waals surface area contributed by atoms with Gasteiger partial charge in [-0.25, -0.2) is 0 Å². The van der Waals surface area contributed by atoms with Gasteiger partial charge in [-0.1, -0.05) is 13.8 Å². The molecular formula is C23H43N3O. The van der Waals surface area contributed by atoms with Crippen LogP contribution in [0.3, 0.4) is 0 Å². The van der Waals surface area contributed by atoms with Gasteiger partial charge >= 0.3 is 0 Å². The predicted molar refractivity (Wildman–Crippen MR) is 113 cm³/mol. The standard InChI is InChI=1S/C23H43N3O/c1-19(2)21-6-8-22(9-7-21)23(27)26-13-10-20(11-14-26)5-4-12-25-17-15-24(3)16-18-25/h19-22H,4-18H2,1-3H3. The molecule has 3 rings (SSSR count). The third kappa shape index (κ3) is 6.19. The van der Waals surface area contributed by atoms with Gasteiger partial charge in [0.05, 0.1) is 0 Å². The molecule has 0 aromatic carbocycles. The number of piperidine rings is 1. The summed E-state index contributed by atoms with van der Waals surface area (Å²) in [4.78, 5) is 20.2. The van der Waals surface area contributed by atoms with Crippen molar-refractivity contribution in [2.24, 2.45) is 23.7 Å². The first-order chi connectivity index (χ1) is 13.0. The summed E-state index contributed by atoms with van der Waals surface area (Å²) >= 11 is 0. The molecule has 0 aromatic rings. The number of rotatable bonds is 6. The number of hydrogen-bond acceptors (Lipinski definition) is 3. The van der Waals surface area contributed by atoms with E-state index in [-0.39, 0.29) is 0 Å². The lowest BCUT2D eigenvalue weighted by Crippen LogP contribution is -2.45. The summed E-state index contributed by atoms with van der Waals surface area (Å²) in [7, 11) is 2.22. The minimum atomic E-state index is 0.328. The number of amides is 1. The topological polar surface area (TPSA) is 26.8 Å². The fourth-order valence-electron chi connectivity index (χ4n) is 5.41. The molecule has 2 heterocycles. The molecule has 1 saturated carbocycles. The molecular weight excluding hydrogens is 334 g/mol. The molecule has 0 bridgehead atoms. The molecule has 3 aliphatic rings. The number of likely N-dealkylation sites (tertiary alicyclic amines) is 1. The molecule has 0 unspecified atom stereocenters. The van der Waals surface area contributed by atoms with Gasteiger partial charge in [0.15, 0.2) is 0 Å². The highest BCUT2D eigenvalue weighted by Gasteiger charge is 2.32. The fraction of sp³-hybridized carbons (Fsp3) is 0.957. The fourth-order valence-corrected chi connectivity index (χ4v) is 5.41. The average molecular weight is 378 g/mol. The molecule has 27 heavy (non-hydrogen) atoms. The van der Waals surface area contributed by atoms with E-state index in [9.17, 15) is 4.79 Å². The van der Waals surface area contributed by atoms with Crippen molar-refractivity contribution in [1.82, 2.24) is 14.7 Å². The Hall–Kier alpha value is -0.610. The van der Waals surface area contributed by atoms with E-state index in [2.05, 4.69) is 35.6 Å². The maximum absolute atomic E-state index is 12.9. The molecule has 2 aliphatic heterocycles. The summed E-state index contributed by atoms with van der Waals surface area (Å²) in [5.41, 5.74) is 0. The summed E-state index contributed by atoms with van der Waals surface area (Å²) < 4.78 is 0. The molecule has 2 saturated heterocycles. The van der Waals surface area contributed by atoms with Crippen molar-refractivity contribution >= 4 is 5.91 Å². The van der Waals surface area contributed by atoms with Gasteiger partial charge in [0.25, 0.3) is 0 Å². The van der Waals surface area contributed by atoms with Crippen molar-refractivity contribution in [3.05, 3.63) is 0 Å². The Bertz CT molecular complexity index is 443. The minimum absolute atomic E-state index is 0.328. The van der Waals surface area contributed by atoms with E-state index in [1.54, 1.807) is 0 Å². The van der Waals surface area contributed by atoms with Gasteiger partial charge in [0.2, 0.25) is 5.91 Å². The van der Waals surface area contributed by atoms with Crippen LogP contribution in [0.15, 0.2) is 0 Å². The van der Waals surface area contributed by atoms with Gasteiger partial charge < -0.3 is 14.7 Å². The van der Waals surface area contributed by atoms with E-state index in [1.807, 2.05) is 0 Å². The first-order valence-electron chi connectivity index (χ1n) is 11.7. The molecule has 1 aliphatic carbocycles. The molecule has 0 radical (unpaired) electrons. The van der Waals surface area contributed by atoms with Gasteiger partial charge in [-0.05, 0) is 82.7 Å². The Morgan fingerprint density at radius 1 is 0.889 bits per heavy atom. The molecule has 1 amide bonds. The van der Waals surface area contributed by atoms with E-state index in [0.29, 0.717) is 11.8 Å². The first kappa shape index (κ1) is 21.1. The van der Waals surface area contributed by atoms with Crippen LogP contribution in [-0.2, 0) is 4.79 Å². The average Bonchev–Trinajstić information content (AvgIpc) is 2.69. The van der Waals surface area contributed by atoms with Crippen LogP contribution in [0.4, 0.5) is 0 Å². The van der Waals surface area contributed by atoms with Crippen LogP contribution in [0.5, 0.6) is 0 Å². The van der Waals surface area contributed by atoms with Crippen molar-refractivity contribution < 1.29 is 4.79 Å². The lowest BCUT2D eigenvalue weighted by atomic mass is 9.76. The predicted octanol–water partition coefficient (Wildman–Crippen LogP) is 3.72. The molecule has 4 heteroatoms. The summed E-state index contributed by atoms with van der Waals surface area (Å²) in [5, 5.41) is 0. The van der Waals surface area contributed by atoms with E-state index in [1.165, 1.54) is 71.2 Å². The second-order valence-corrected chi connectivity index (χ2v) is 9.91. The lowest BCUT2D eigenvalue weighted by Gasteiger charge is -2.37. The first-order valence-corrected chi connectivity index (χ1v) is 11.7. The van der Waals surface area contributed by atoms with Crippen molar-refractivity contribution in [2.75, 3.05) is 52.9 Å². The van der Waals surface area contributed by atoms with E-state index >= 15 is 0 Å². The number of carbonyl (C=O) groups excluding carboxylic acids is 1. The molecule has 0 atom stereocenters. The van der Waals surface area contributed by atoms with Crippen molar-refractivity contribution in [3.8, 4) is 0 Å². The number of carbonyl (C=O) groups is 1. The molecule has 0 N–H and O–H groups in total. The highest BCUT2D eigenvalue weighted by Crippen LogP contribution is 2.35. The number of hydrogen-bond donors (Lipinski definition) is 0. The zero-order chi connectivity index (χ0) is 19.2. The van der Waals surface area contributed by atoms with Crippen LogP contribution >= 0.6 is 0 Å². The van der Waals surface area contributed by atoms with Gasteiger partial charge in [-0.15, -0.1) is 0 Å². The number of likely N-dealkylation sites (N-methyl/N-ethyl adjacent to an activating group) is 1. The summed E-state index contributed by atoms with van der Waals surface area (Å²) in [6.45, 7) is 12.9. The molecule has 3 fully saturated rings. The zero-order valence-electron chi connectivity index (χ0n) is 18.2. The van der Waals surface area contributed by atoms with Gasteiger partial charge in [-0.2, -0.15) is 0 Å². The Morgan fingerprint density at radius 3 is 2.11 bits per heavy atom. The maximum atomic E-state index is 12.9. The molecule has 0 aromatic heterocycles. The van der Waals surface area contributed by atoms with Crippen LogP contribution in [0, 0.1) is 23.7 Å². The molecule has 4 nitrogen and oxygen atoms in total. The third-order valence-electron chi connectivity index (χ3n) is 7.67. The smallest absolute Gasteiger partial charge is 0.225 e. The van der Waals surface area contributed by atoms with Crippen LogP contribution in [0.25, 0.3) is 0 Å².